The average molecular weight is 246 g/mol. The van der Waals surface area contributed by atoms with E-state index in [2.05, 4.69) is 63.5 Å². The number of hydrogen-bond donors (Lipinski definition) is 1. The number of nitrogens with one attached hydrogen (secondary N) is 1. The molecule has 1 aliphatic heterocycles. The van der Waals surface area contributed by atoms with E-state index in [1.807, 2.05) is 4.90 Å². The molecule has 0 amide bonds. The minimum atomic E-state index is -0.0653. The van der Waals surface area contributed by atoms with Crippen molar-refractivity contribution in [2.24, 2.45) is 0 Å². The fourth-order valence-electron chi connectivity index (χ4n) is 2.07. The largest absolute Gasteiger partial charge is 0.354 e. The summed E-state index contributed by atoms with van der Waals surface area (Å²) in [4.78, 5) is 2.05. The highest BCUT2D eigenvalue weighted by atomic mass is 32.1. The van der Waals surface area contributed by atoms with Crippen molar-refractivity contribution in [1.82, 2.24) is 5.32 Å². The second-order valence-corrected chi connectivity index (χ2v) is 5.46. The minimum absolute atomic E-state index is 0.0653. The van der Waals surface area contributed by atoms with Gasteiger partial charge in [-0.1, -0.05) is 18.2 Å². The molecule has 0 spiro atoms. The molecular formula is C14H18N2S. The number of nitrogens with zero attached hydrogens (tertiary/aromatic N) is 1. The first-order valence-corrected chi connectivity index (χ1v) is 6.18. The van der Waals surface area contributed by atoms with Crippen LogP contribution in [-0.2, 0) is 0 Å². The highest BCUT2D eigenvalue weighted by Crippen LogP contribution is 2.27. The molecule has 0 aromatic heterocycles. The van der Waals surface area contributed by atoms with Gasteiger partial charge in [-0.2, -0.15) is 0 Å². The summed E-state index contributed by atoms with van der Waals surface area (Å²) in [5.74, 6) is 0. The summed E-state index contributed by atoms with van der Waals surface area (Å²) in [5, 5.41) is 4.09. The number of para-hydroxylation sites is 1. The molecule has 0 unspecified atom stereocenters. The molecule has 1 aromatic carbocycles. The van der Waals surface area contributed by atoms with E-state index in [1.54, 1.807) is 0 Å². The molecule has 0 aliphatic carbocycles. The summed E-state index contributed by atoms with van der Waals surface area (Å²) in [6, 6.07) is 6.29. The molecule has 3 heteroatoms. The lowest BCUT2D eigenvalue weighted by atomic mass is 10.0. The van der Waals surface area contributed by atoms with Crippen LogP contribution in [0.1, 0.15) is 25.0 Å². The van der Waals surface area contributed by atoms with Crippen LogP contribution >= 0.6 is 12.2 Å². The molecule has 1 aromatic rings. The predicted molar refractivity (Wildman–Crippen MR) is 77.3 cm³/mol. The molecule has 0 atom stereocenters. The molecule has 17 heavy (non-hydrogen) atoms. The normalized spacial score (nSPS) is 18.1. The first-order valence-electron chi connectivity index (χ1n) is 5.78. The number of aryl methyl sites for hydroxylation is 2. The van der Waals surface area contributed by atoms with E-state index in [0.717, 1.165) is 5.11 Å². The summed E-state index contributed by atoms with van der Waals surface area (Å²) in [6.07, 6.45) is 4.20. The third kappa shape index (κ3) is 2.34. The molecule has 0 saturated carbocycles. The smallest absolute Gasteiger partial charge is 0.178 e. The van der Waals surface area contributed by atoms with Crippen LogP contribution in [-0.4, -0.2) is 10.7 Å². The standard InChI is InChI=1S/C14H18N2S/c1-10-6-5-7-11(2)12(10)16-9-8-14(3,4)15-13(16)17/h5-9H,1-4H3,(H,15,17). The Hall–Kier alpha value is -1.35. The van der Waals surface area contributed by atoms with Crippen molar-refractivity contribution < 1.29 is 0 Å². The number of anilines is 1. The van der Waals surface area contributed by atoms with Gasteiger partial charge in [-0.25, -0.2) is 0 Å². The fourth-order valence-corrected chi connectivity index (χ4v) is 2.48. The van der Waals surface area contributed by atoms with E-state index in [4.69, 9.17) is 12.2 Å². The van der Waals surface area contributed by atoms with E-state index < -0.39 is 0 Å². The SMILES string of the molecule is Cc1cccc(C)c1N1C=CC(C)(C)NC1=S. The first-order chi connectivity index (χ1) is 7.91. The zero-order valence-corrected chi connectivity index (χ0v) is 11.6. The maximum absolute atomic E-state index is 5.44. The van der Waals surface area contributed by atoms with Gasteiger partial charge in [-0.05, 0) is 57.1 Å². The van der Waals surface area contributed by atoms with Gasteiger partial charge in [-0.15, -0.1) is 0 Å². The Labute approximate surface area is 108 Å². The van der Waals surface area contributed by atoms with Gasteiger partial charge in [0.15, 0.2) is 5.11 Å². The average Bonchev–Trinajstić information content (AvgIpc) is 2.19. The van der Waals surface area contributed by atoms with Crippen molar-refractivity contribution in [3.63, 3.8) is 0 Å². The molecule has 0 saturated heterocycles. The maximum atomic E-state index is 5.44. The molecule has 1 N–H and O–H groups in total. The van der Waals surface area contributed by atoms with Crippen LogP contribution in [0.4, 0.5) is 5.69 Å². The molecule has 1 heterocycles. The molecule has 0 fully saturated rings. The summed E-state index contributed by atoms with van der Waals surface area (Å²) < 4.78 is 0. The Morgan fingerprint density at radius 3 is 2.29 bits per heavy atom. The summed E-state index contributed by atoms with van der Waals surface area (Å²) in [6.45, 7) is 8.44. The number of rotatable bonds is 1. The first kappa shape index (κ1) is 12.1. The van der Waals surface area contributed by atoms with Crippen molar-refractivity contribution in [3.05, 3.63) is 41.6 Å². The third-order valence-electron chi connectivity index (χ3n) is 2.97. The van der Waals surface area contributed by atoms with E-state index in [-0.39, 0.29) is 5.54 Å². The zero-order valence-electron chi connectivity index (χ0n) is 10.7. The van der Waals surface area contributed by atoms with Crippen LogP contribution in [0.25, 0.3) is 0 Å². The summed E-state index contributed by atoms with van der Waals surface area (Å²) in [5.41, 5.74) is 3.58. The van der Waals surface area contributed by atoms with Gasteiger partial charge in [0.1, 0.15) is 0 Å². The lowest BCUT2D eigenvalue weighted by molar-refractivity contribution is 0.566. The number of benzene rings is 1. The van der Waals surface area contributed by atoms with Crippen molar-refractivity contribution in [2.75, 3.05) is 4.90 Å². The fraction of sp³-hybridized carbons (Fsp3) is 0.357. The van der Waals surface area contributed by atoms with Gasteiger partial charge >= 0.3 is 0 Å². The minimum Gasteiger partial charge on any atom is -0.354 e. The molecule has 2 nitrogen and oxygen atoms in total. The number of hydrogen-bond acceptors (Lipinski definition) is 1. The topological polar surface area (TPSA) is 15.3 Å². The Morgan fingerprint density at radius 2 is 1.76 bits per heavy atom. The molecule has 90 valence electrons. The van der Waals surface area contributed by atoms with E-state index in [0.29, 0.717) is 0 Å². The van der Waals surface area contributed by atoms with Crippen LogP contribution in [0, 0.1) is 13.8 Å². The third-order valence-corrected chi connectivity index (χ3v) is 3.27. The van der Waals surface area contributed by atoms with Crippen molar-refractivity contribution in [1.29, 1.82) is 0 Å². The Balaban J connectivity index is 2.45. The summed E-state index contributed by atoms with van der Waals surface area (Å²) >= 11 is 5.44. The van der Waals surface area contributed by atoms with E-state index >= 15 is 0 Å². The Morgan fingerprint density at radius 1 is 1.18 bits per heavy atom. The van der Waals surface area contributed by atoms with Gasteiger partial charge in [0, 0.05) is 6.20 Å². The van der Waals surface area contributed by atoms with Gasteiger partial charge in [-0.3, -0.25) is 4.90 Å². The van der Waals surface area contributed by atoms with Crippen LogP contribution in [0.2, 0.25) is 0 Å². The molecule has 0 radical (unpaired) electrons. The molecule has 0 bridgehead atoms. The Kier molecular flexibility index (Phi) is 2.96. The maximum Gasteiger partial charge on any atom is 0.178 e. The quantitative estimate of drug-likeness (QED) is 0.765. The highest BCUT2D eigenvalue weighted by Gasteiger charge is 2.24. The molecule has 1 aliphatic rings. The number of thiocarbonyl (C=S) groups is 1. The highest BCUT2D eigenvalue weighted by molar-refractivity contribution is 7.80. The summed E-state index contributed by atoms with van der Waals surface area (Å²) in [7, 11) is 0. The lowest BCUT2D eigenvalue weighted by Gasteiger charge is -2.36. The lowest BCUT2D eigenvalue weighted by Crippen LogP contribution is -2.51. The van der Waals surface area contributed by atoms with Crippen molar-refractivity contribution in [3.8, 4) is 0 Å². The van der Waals surface area contributed by atoms with Crippen LogP contribution in [0.5, 0.6) is 0 Å². The van der Waals surface area contributed by atoms with Gasteiger partial charge in [0.2, 0.25) is 0 Å². The molecule has 2 rings (SSSR count). The van der Waals surface area contributed by atoms with Gasteiger partial charge < -0.3 is 5.32 Å². The van der Waals surface area contributed by atoms with E-state index in [1.165, 1.54) is 16.8 Å². The van der Waals surface area contributed by atoms with Crippen LogP contribution < -0.4 is 10.2 Å². The van der Waals surface area contributed by atoms with Gasteiger partial charge in [0.05, 0.1) is 11.2 Å². The van der Waals surface area contributed by atoms with Gasteiger partial charge in [0.25, 0.3) is 0 Å². The Bertz CT molecular complexity index is 469. The zero-order chi connectivity index (χ0) is 12.6. The second-order valence-electron chi connectivity index (χ2n) is 5.08. The van der Waals surface area contributed by atoms with Crippen molar-refractivity contribution in [2.45, 2.75) is 33.2 Å². The predicted octanol–water partition coefficient (Wildman–Crippen LogP) is 3.29. The van der Waals surface area contributed by atoms with E-state index in [9.17, 15) is 0 Å². The van der Waals surface area contributed by atoms with Crippen LogP contribution in [0.3, 0.4) is 0 Å². The second kappa shape index (κ2) is 4.15. The molecular weight excluding hydrogens is 228 g/mol. The monoisotopic (exact) mass is 246 g/mol. The van der Waals surface area contributed by atoms with Crippen molar-refractivity contribution >= 4 is 23.0 Å². The van der Waals surface area contributed by atoms with Crippen LogP contribution in [0.15, 0.2) is 30.5 Å².